The van der Waals surface area contributed by atoms with Gasteiger partial charge >= 0.3 is 11.9 Å². The smallest absolute Gasteiger partial charge is 0.328 e. The molecular weight excluding hydrogens is 316 g/mol. The maximum absolute atomic E-state index is 12.8. The van der Waals surface area contributed by atoms with Crippen LogP contribution in [-0.2, 0) is 20.7 Å². The largest absolute Gasteiger partial charge is 0.465 e. The van der Waals surface area contributed by atoms with Crippen molar-refractivity contribution in [3.8, 4) is 5.75 Å². The Morgan fingerprint density at radius 3 is 2.20 bits per heavy atom. The average Bonchev–Trinajstić information content (AvgIpc) is 2.63. The Kier molecular flexibility index (Phi) is 9.25. The lowest BCUT2D eigenvalue weighted by Crippen LogP contribution is -2.42. The number of rotatable bonds is 11. The molecule has 0 aliphatic heterocycles. The van der Waals surface area contributed by atoms with Gasteiger partial charge in [-0.05, 0) is 37.3 Å². The maximum atomic E-state index is 12.8. The molecule has 0 aliphatic carbocycles. The van der Waals surface area contributed by atoms with Crippen molar-refractivity contribution in [2.75, 3.05) is 6.61 Å². The van der Waals surface area contributed by atoms with Crippen molar-refractivity contribution in [3.63, 3.8) is 0 Å². The minimum atomic E-state index is -1.23. The minimum Gasteiger partial charge on any atom is -0.465 e. The Morgan fingerprint density at radius 1 is 0.920 bits per heavy atom. The van der Waals surface area contributed by atoms with Gasteiger partial charge in [-0.1, -0.05) is 65.2 Å². The molecule has 1 rings (SSSR count). The molecule has 0 bridgehead atoms. The Morgan fingerprint density at radius 2 is 1.60 bits per heavy atom. The van der Waals surface area contributed by atoms with Crippen LogP contribution in [0, 0.1) is 5.41 Å². The molecule has 0 N–H and O–H groups in total. The molecule has 0 saturated heterocycles. The Labute approximate surface area is 151 Å². The monoisotopic (exact) mass is 348 g/mol. The van der Waals surface area contributed by atoms with Crippen LogP contribution in [0.1, 0.15) is 71.8 Å². The van der Waals surface area contributed by atoms with Gasteiger partial charge in [-0.25, -0.2) is 0 Å². The molecule has 1 aromatic carbocycles. The molecule has 0 spiro atoms. The number of hydrogen-bond donors (Lipinski definition) is 0. The SMILES string of the molecule is CCCCCCOC(=O)C(CC)(CC)C(=O)Oc1ccccc1CC. The van der Waals surface area contributed by atoms with Crippen LogP contribution in [-0.4, -0.2) is 18.5 Å². The number of unbranched alkanes of at least 4 members (excludes halogenated alkanes) is 3. The van der Waals surface area contributed by atoms with Crippen molar-refractivity contribution in [1.29, 1.82) is 0 Å². The van der Waals surface area contributed by atoms with E-state index >= 15 is 0 Å². The molecule has 25 heavy (non-hydrogen) atoms. The lowest BCUT2D eigenvalue weighted by molar-refractivity contribution is -0.168. The van der Waals surface area contributed by atoms with Crippen molar-refractivity contribution < 1.29 is 19.1 Å². The number of ether oxygens (including phenoxy) is 2. The summed E-state index contributed by atoms with van der Waals surface area (Å²) in [6.07, 6.45) is 5.61. The molecule has 0 radical (unpaired) electrons. The third kappa shape index (κ3) is 5.58. The van der Waals surface area contributed by atoms with Gasteiger partial charge in [0.15, 0.2) is 5.41 Å². The normalized spacial score (nSPS) is 11.2. The first-order valence-electron chi connectivity index (χ1n) is 9.53. The van der Waals surface area contributed by atoms with E-state index in [1.807, 2.05) is 39.0 Å². The van der Waals surface area contributed by atoms with Gasteiger partial charge in [-0.3, -0.25) is 9.59 Å². The van der Waals surface area contributed by atoms with Crippen LogP contribution in [0.2, 0.25) is 0 Å². The predicted octanol–water partition coefficient (Wildman–Crippen LogP) is 5.08. The van der Waals surface area contributed by atoms with Crippen molar-refractivity contribution in [2.24, 2.45) is 5.41 Å². The van der Waals surface area contributed by atoms with Gasteiger partial charge in [0.05, 0.1) is 6.61 Å². The molecule has 140 valence electrons. The van der Waals surface area contributed by atoms with Gasteiger partial charge < -0.3 is 9.47 Å². The summed E-state index contributed by atoms with van der Waals surface area (Å²) in [5.74, 6) is -0.457. The summed E-state index contributed by atoms with van der Waals surface area (Å²) in [5.41, 5.74) is -0.282. The van der Waals surface area contributed by atoms with Gasteiger partial charge in [-0.2, -0.15) is 0 Å². The van der Waals surface area contributed by atoms with Crippen molar-refractivity contribution in [3.05, 3.63) is 29.8 Å². The highest BCUT2D eigenvalue weighted by molar-refractivity contribution is 6.00. The summed E-state index contributed by atoms with van der Waals surface area (Å²) in [5, 5.41) is 0. The quantitative estimate of drug-likeness (QED) is 0.242. The molecular formula is C21H32O4. The lowest BCUT2D eigenvalue weighted by atomic mass is 9.82. The summed E-state index contributed by atoms with van der Waals surface area (Å²) in [7, 11) is 0. The predicted molar refractivity (Wildman–Crippen MR) is 99.6 cm³/mol. The van der Waals surface area contributed by atoms with Crippen molar-refractivity contribution in [2.45, 2.75) is 72.6 Å². The highest BCUT2D eigenvalue weighted by Crippen LogP contribution is 2.32. The Bertz CT molecular complexity index is 547. The van der Waals surface area contributed by atoms with Gasteiger partial charge in [0, 0.05) is 0 Å². The third-order valence-corrected chi connectivity index (χ3v) is 4.78. The highest BCUT2D eigenvalue weighted by atomic mass is 16.6. The fourth-order valence-corrected chi connectivity index (χ4v) is 2.84. The molecule has 0 saturated carbocycles. The number of benzene rings is 1. The lowest BCUT2D eigenvalue weighted by Gasteiger charge is -2.27. The zero-order valence-electron chi connectivity index (χ0n) is 16.1. The first-order chi connectivity index (χ1) is 12.1. The van der Waals surface area contributed by atoms with E-state index in [0.717, 1.165) is 37.7 Å². The van der Waals surface area contributed by atoms with E-state index in [-0.39, 0.29) is 0 Å². The second-order valence-corrected chi connectivity index (χ2v) is 6.34. The van der Waals surface area contributed by atoms with Gasteiger partial charge in [0.1, 0.15) is 5.75 Å². The summed E-state index contributed by atoms with van der Waals surface area (Å²) in [4.78, 5) is 25.4. The van der Waals surface area contributed by atoms with Crippen LogP contribution in [0.5, 0.6) is 5.75 Å². The zero-order chi connectivity index (χ0) is 18.7. The van der Waals surface area contributed by atoms with Crippen molar-refractivity contribution >= 4 is 11.9 Å². The van der Waals surface area contributed by atoms with E-state index in [4.69, 9.17) is 9.47 Å². The molecule has 0 fully saturated rings. The second kappa shape index (κ2) is 10.9. The summed E-state index contributed by atoms with van der Waals surface area (Å²) in [6, 6.07) is 7.43. The molecule has 4 heteroatoms. The molecule has 0 aromatic heterocycles. The summed E-state index contributed by atoms with van der Waals surface area (Å²) in [6.45, 7) is 8.16. The molecule has 4 nitrogen and oxygen atoms in total. The number of carbonyl (C=O) groups excluding carboxylic acids is 2. The highest BCUT2D eigenvalue weighted by Gasteiger charge is 2.46. The van der Waals surface area contributed by atoms with Crippen LogP contribution in [0.4, 0.5) is 0 Å². The number of aryl methyl sites for hydroxylation is 1. The molecule has 0 aliphatic rings. The van der Waals surface area contributed by atoms with Crippen LogP contribution < -0.4 is 4.74 Å². The number of esters is 2. The maximum Gasteiger partial charge on any atom is 0.328 e. The third-order valence-electron chi connectivity index (χ3n) is 4.78. The number of carbonyl (C=O) groups is 2. The molecule has 0 heterocycles. The zero-order valence-corrected chi connectivity index (χ0v) is 16.1. The number of para-hydroxylation sites is 1. The van der Waals surface area contributed by atoms with E-state index in [2.05, 4.69) is 6.92 Å². The van der Waals surface area contributed by atoms with E-state index in [0.29, 0.717) is 25.2 Å². The van der Waals surface area contributed by atoms with Crippen LogP contribution in [0.3, 0.4) is 0 Å². The molecule has 0 atom stereocenters. The van der Waals surface area contributed by atoms with Gasteiger partial charge in [0.2, 0.25) is 0 Å². The molecule has 1 aromatic rings. The average molecular weight is 348 g/mol. The van der Waals surface area contributed by atoms with Crippen LogP contribution in [0.15, 0.2) is 24.3 Å². The standard InChI is InChI=1S/C21H32O4/c1-5-9-10-13-16-24-19(22)21(7-3,8-4)20(23)25-18-15-12-11-14-17(18)6-2/h11-12,14-15H,5-10,13,16H2,1-4H3. The fourth-order valence-electron chi connectivity index (χ4n) is 2.84. The summed E-state index contributed by atoms with van der Waals surface area (Å²) < 4.78 is 11.0. The van der Waals surface area contributed by atoms with Gasteiger partial charge in [-0.15, -0.1) is 0 Å². The topological polar surface area (TPSA) is 52.6 Å². The first-order valence-corrected chi connectivity index (χ1v) is 9.53. The first kappa shape index (κ1) is 21.2. The van der Waals surface area contributed by atoms with E-state index in [1.54, 1.807) is 6.07 Å². The minimum absolute atomic E-state index is 0.361. The van der Waals surface area contributed by atoms with E-state index in [1.165, 1.54) is 0 Å². The van der Waals surface area contributed by atoms with E-state index in [9.17, 15) is 9.59 Å². The summed E-state index contributed by atoms with van der Waals surface area (Å²) >= 11 is 0. The number of hydrogen-bond acceptors (Lipinski definition) is 4. The fraction of sp³-hybridized carbons (Fsp3) is 0.619. The van der Waals surface area contributed by atoms with Crippen molar-refractivity contribution in [1.82, 2.24) is 0 Å². The van der Waals surface area contributed by atoms with Crippen LogP contribution >= 0.6 is 0 Å². The Balaban J connectivity index is 2.81. The second-order valence-electron chi connectivity index (χ2n) is 6.34. The van der Waals surface area contributed by atoms with Gasteiger partial charge in [0.25, 0.3) is 0 Å². The molecule has 0 unspecified atom stereocenters. The van der Waals surface area contributed by atoms with E-state index < -0.39 is 17.4 Å². The molecule has 0 amide bonds. The van der Waals surface area contributed by atoms with Crippen LogP contribution in [0.25, 0.3) is 0 Å². The Hall–Kier alpha value is -1.84.